The smallest absolute Gasteiger partial charge is 0.319 e. The van der Waals surface area contributed by atoms with Crippen LogP contribution in [0.15, 0.2) is 42.6 Å². The summed E-state index contributed by atoms with van der Waals surface area (Å²) < 4.78 is 9.98. The van der Waals surface area contributed by atoms with Crippen LogP contribution in [0, 0.1) is 0 Å². The molecule has 0 aliphatic heterocycles. The van der Waals surface area contributed by atoms with Crippen molar-refractivity contribution in [2.45, 2.75) is 6.42 Å². The van der Waals surface area contributed by atoms with Gasteiger partial charge in [-0.25, -0.2) is 9.78 Å². The Labute approximate surface area is 145 Å². The summed E-state index contributed by atoms with van der Waals surface area (Å²) in [6, 6.07) is 9.88. The standard InChI is InChI=1S/C17H20N4O4/c1-24-14-6-3-12(4-7-14)21-17(23)18-10-9-15(22)20-13-5-8-16(25-2)19-11-13/h3-8,11H,9-10H2,1-2H3,(H,20,22)(H2,18,21,23). The summed E-state index contributed by atoms with van der Waals surface area (Å²) in [6.45, 7) is 0.206. The highest BCUT2D eigenvalue weighted by molar-refractivity contribution is 5.92. The van der Waals surface area contributed by atoms with Crippen LogP contribution in [0.3, 0.4) is 0 Å². The third kappa shape index (κ3) is 6.02. The van der Waals surface area contributed by atoms with Crippen molar-refractivity contribution in [1.82, 2.24) is 10.3 Å². The molecular formula is C17H20N4O4. The quantitative estimate of drug-likeness (QED) is 0.715. The lowest BCUT2D eigenvalue weighted by Gasteiger charge is -2.09. The number of urea groups is 1. The van der Waals surface area contributed by atoms with E-state index in [0.29, 0.717) is 23.0 Å². The van der Waals surface area contributed by atoms with E-state index in [2.05, 4.69) is 20.9 Å². The molecule has 1 aromatic carbocycles. The molecule has 132 valence electrons. The Kier molecular flexibility index (Phi) is 6.58. The number of hydrogen-bond donors (Lipinski definition) is 3. The Bertz CT molecular complexity index is 640. The van der Waals surface area contributed by atoms with E-state index >= 15 is 0 Å². The SMILES string of the molecule is COc1ccc(NC(=O)NCCC(=O)Nc2ccc(OC)nc2)cc1. The van der Waals surface area contributed by atoms with Crippen molar-refractivity contribution < 1.29 is 19.1 Å². The lowest BCUT2D eigenvalue weighted by molar-refractivity contribution is -0.116. The van der Waals surface area contributed by atoms with Gasteiger partial charge in [-0.3, -0.25) is 4.79 Å². The summed E-state index contributed by atoms with van der Waals surface area (Å²) in [6.07, 6.45) is 1.64. The number of carbonyl (C=O) groups excluding carboxylic acids is 2. The van der Waals surface area contributed by atoms with Crippen molar-refractivity contribution in [3.05, 3.63) is 42.6 Å². The fourth-order valence-electron chi connectivity index (χ4n) is 1.94. The number of methoxy groups -OCH3 is 2. The van der Waals surface area contributed by atoms with Crippen molar-refractivity contribution in [3.63, 3.8) is 0 Å². The molecule has 1 aromatic heterocycles. The van der Waals surface area contributed by atoms with E-state index in [0.717, 1.165) is 0 Å². The van der Waals surface area contributed by atoms with Gasteiger partial charge in [0, 0.05) is 24.7 Å². The Morgan fingerprint density at radius 2 is 1.68 bits per heavy atom. The average Bonchev–Trinajstić information content (AvgIpc) is 2.63. The van der Waals surface area contributed by atoms with Crippen molar-refractivity contribution in [2.24, 2.45) is 0 Å². The van der Waals surface area contributed by atoms with Gasteiger partial charge in [-0.05, 0) is 30.3 Å². The number of benzene rings is 1. The van der Waals surface area contributed by atoms with Gasteiger partial charge in [-0.2, -0.15) is 0 Å². The summed E-state index contributed by atoms with van der Waals surface area (Å²) in [5.74, 6) is 0.947. The molecule has 0 bridgehead atoms. The topological polar surface area (TPSA) is 102 Å². The number of nitrogens with zero attached hydrogens (tertiary/aromatic N) is 1. The Balaban J connectivity index is 1.69. The molecule has 0 atom stereocenters. The Morgan fingerprint density at radius 1 is 0.960 bits per heavy atom. The highest BCUT2D eigenvalue weighted by Gasteiger charge is 2.06. The fraction of sp³-hybridized carbons (Fsp3) is 0.235. The van der Waals surface area contributed by atoms with E-state index in [-0.39, 0.29) is 24.9 Å². The van der Waals surface area contributed by atoms with E-state index in [1.54, 1.807) is 43.5 Å². The van der Waals surface area contributed by atoms with Crippen molar-refractivity contribution in [3.8, 4) is 11.6 Å². The van der Waals surface area contributed by atoms with Crippen LogP contribution < -0.4 is 25.4 Å². The molecule has 8 heteroatoms. The van der Waals surface area contributed by atoms with E-state index in [9.17, 15) is 9.59 Å². The molecule has 0 saturated carbocycles. The van der Waals surface area contributed by atoms with Crippen molar-refractivity contribution in [2.75, 3.05) is 31.4 Å². The number of aromatic nitrogens is 1. The number of pyridine rings is 1. The fourth-order valence-corrected chi connectivity index (χ4v) is 1.94. The van der Waals surface area contributed by atoms with Gasteiger partial charge >= 0.3 is 6.03 Å². The molecule has 0 fully saturated rings. The van der Waals surface area contributed by atoms with Gasteiger partial charge in [-0.15, -0.1) is 0 Å². The lowest BCUT2D eigenvalue weighted by atomic mass is 10.3. The Hall–Kier alpha value is -3.29. The molecule has 2 rings (SSSR count). The summed E-state index contributed by atoms with van der Waals surface area (Å²) in [5, 5.41) is 7.97. The van der Waals surface area contributed by atoms with Gasteiger partial charge in [0.2, 0.25) is 11.8 Å². The third-order valence-corrected chi connectivity index (χ3v) is 3.21. The zero-order valence-electron chi connectivity index (χ0n) is 14.0. The molecule has 25 heavy (non-hydrogen) atoms. The van der Waals surface area contributed by atoms with Crippen LogP contribution in [-0.2, 0) is 4.79 Å². The van der Waals surface area contributed by atoms with Gasteiger partial charge in [0.25, 0.3) is 0 Å². The Morgan fingerprint density at radius 3 is 2.28 bits per heavy atom. The number of ether oxygens (including phenoxy) is 2. The van der Waals surface area contributed by atoms with E-state index in [1.807, 2.05) is 0 Å². The molecule has 0 aliphatic carbocycles. The minimum Gasteiger partial charge on any atom is -0.497 e. The maximum atomic E-state index is 11.8. The van der Waals surface area contributed by atoms with Crippen molar-refractivity contribution in [1.29, 1.82) is 0 Å². The van der Waals surface area contributed by atoms with E-state index in [4.69, 9.17) is 9.47 Å². The normalized spacial score (nSPS) is 9.84. The first-order valence-electron chi connectivity index (χ1n) is 7.59. The zero-order chi connectivity index (χ0) is 18.1. The van der Waals surface area contributed by atoms with Gasteiger partial charge in [0.1, 0.15) is 5.75 Å². The molecule has 3 N–H and O–H groups in total. The molecule has 0 aliphatic rings. The molecule has 0 saturated heterocycles. The first-order valence-corrected chi connectivity index (χ1v) is 7.59. The number of nitrogens with one attached hydrogen (secondary N) is 3. The number of hydrogen-bond acceptors (Lipinski definition) is 5. The molecule has 1 heterocycles. The second-order valence-electron chi connectivity index (χ2n) is 5.00. The number of carbonyl (C=O) groups is 2. The van der Waals surface area contributed by atoms with E-state index < -0.39 is 0 Å². The minimum atomic E-state index is -0.385. The molecule has 0 unspecified atom stereocenters. The predicted octanol–water partition coefficient (Wildman–Crippen LogP) is 2.25. The van der Waals surface area contributed by atoms with Crippen molar-refractivity contribution >= 4 is 23.3 Å². The number of anilines is 2. The average molecular weight is 344 g/mol. The summed E-state index contributed by atoms with van der Waals surface area (Å²) in [7, 11) is 3.09. The highest BCUT2D eigenvalue weighted by Crippen LogP contribution is 2.14. The van der Waals surface area contributed by atoms with Crippen LogP contribution in [0.5, 0.6) is 11.6 Å². The predicted molar refractivity (Wildman–Crippen MR) is 94.1 cm³/mol. The third-order valence-electron chi connectivity index (χ3n) is 3.21. The molecule has 0 radical (unpaired) electrons. The van der Waals surface area contributed by atoms with Crippen LogP contribution >= 0.6 is 0 Å². The molecule has 8 nitrogen and oxygen atoms in total. The number of rotatable bonds is 7. The highest BCUT2D eigenvalue weighted by atomic mass is 16.5. The largest absolute Gasteiger partial charge is 0.497 e. The van der Waals surface area contributed by atoms with Crippen LogP contribution in [-0.4, -0.2) is 37.7 Å². The summed E-state index contributed by atoms with van der Waals surface area (Å²) >= 11 is 0. The summed E-state index contributed by atoms with van der Waals surface area (Å²) in [5.41, 5.74) is 1.19. The van der Waals surface area contributed by atoms with Crippen LogP contribution in [0.25, 0.3) is 0 Å². The first-order chi connectivity index (χ1) is 12.1. The van der Waals surface area contributed by atoms with E-state index in [1.165, 1.54) is 13.3 Å². The van der Waals surface area contributed by atoms with Crippen LogP contribution in [0.1, 0.15) is 6.42 Å². The number of amides is 3. The molecule has 2 aromatic rings. The van der Waals surface area contributed by atoms with Crippen LogP contribution in [0.4, 0.5) is 16.2 Å². The first kappa shape index (κ1) is 18.1. The minimum absolute atomic E-state index is 0.141. The maximum Gasteiger partial charge on any atom is 0.319 e. The molecular weight excluding hydrogens is 324 g/mol. The van der Waals surface area contributed by atoms with Crippen LogP contribution in [0.2, 0.25) is 0 Å². The molecule has 0 spiro atoms. The summed E-state index contributed by atoms with van der Waals surface area (Å²) in [4.78, 5) is 27.6. The van der Waals surface area contributed by atoms with Gasteiger partial charge in [0.05, 0.1) is 26.1 Å². The monoisotopic (exact) mass is 344 g/mol. The van der Waals surface area contributed by atoms with Gasteiger partial charge in [0.15, 0.2) is 0 Å². The second-order valence-corrected chi connectivity index (χ2v) is 5.00. The zero-order valence-corrected chi connectivity index (χ0v) is 14.0. The lowest BCUT2D eigenvalue weighted by Crippen LogP contribution is -2.31. The van der Waals surface area contributed by atoms with Gasteiger partial charge < -0.3 is 25.4 Å². The molecule has 3 amide bonds. The van der Waals surface area contributed by atoms with Gasteiger partial charge in [-0.1, -0.05) is 0 Å². The maximum absolute atomic E-state index is 11.8. The second kappa shape index (κ2) is 9.11.